The molecule has 0 bridgehead atoms. The number of aromatic nitrogens is 2. The van der Waals surface area contributed by atoms with E-state index in [-0.39, 0.29) is 6.09 Å². The van der Waals surface area contributed by atoms with Gasteiger partial charge in [0.2, 0.25) is 0 Å². The summed E-state index contributed by atoms with van der Waals surface area (Å²) in [6.07, 6.45) is 4.43. The van der Waals surface area contributed by atoms with Gasteiger partial charge in [-0.25, -0.2) is 9.78 Å². The van der Waals surface area contributed by atoms with Crippen molar-refractivity contribution in [2.75, 3.05) is 13.1 Å². The summed E-state index contributed by atoms with van der Waals surface area (Å²) >= 11 is 0. The van der Waals surface area contributed by atoms with Gasteiger partial charge < -0.3 is 14.2 Å². The zero-order valence-corrected chi connectivity index (χ0v) is 11.5. The lowest BCUT2D eigenvalue weighted by atomic mass is 10.1. The fraction of sp³-hybridized carbons (Fsp3) is 0.692. The Labute approximate surface area is 108 Å². The van der Waals surface area contributed by atoms with Crippen molar-refractivity contribution in [3.05, 3.63) is 18.2 Å². The number of hydrogen-bond acceptors (Lipinski definition) is 3. The second-order valence-electron chi connectivity index (χ2n) is 5.84. The van der Waals surface area contributed by atoms with E-state index < -0.39 is 5.60 Å². The number of hydrogen-bond donors (Lipinski definition) is 0. The van der Waals surface area contributed by atoms with E-state index in [1.807, 2.05) is 38.6 Å². The summed E-state index contributed by atoms with van der Waals surface area (Å²) in [5.74, 6) is 0.366. The predicted molar refractivity (Wildman–Crippen MR) is 68.4 cm³/mol. The number of nitrogens with zero attached hydrogens (tertiary/aromatic N) is 3. The Morgan fingerprint density at radius 2 is 2.22 bits per heavy atom. The van der Waals surface area contributed by atoms with E-state index in [2.05, 4.69) is 4.98 Å². The molecular formula is C13H21N3O2. The summed E-state index contributed by atoms with van der Waals surface area (Å²) in [4.78, 5) is 17.8. The Morgan fingerprint density at radius 1 is 1.50 bits per heavy atom. The van der Waals surface area contributed by atoms with Crippen LogP contribution in [-0.4, -0.2) is 39.2 Å². The number of amides is 1. The number of likely N-dealkylation sites (tertiary alicyclic amines) is 1. The highest BCUT2D eigenvalue weighted by Crippen LogP contribution is 2.27. The van der Waals surface area contributed by atoms with Crippen LogP contribution in [0.4, 0.5) is 4.79 Å². The monoisotopic (exact) mass is 251 g/mol. The fourth-order valence-corrected chi connectivity index (χ4v) is 2.25. The minimum atomic E-state index is -0.429. The molecule has 1 aromatic heterocycles. The molecule has 5 nitrogen and oxygen atoms in total. The van der Waals surface area contributed by atoms with Crippen LogP contribution in [-0.2, 0) is 11.8 Å². The molecule has 2 rings (SSSR count). The summed E-state index contributed by atoms with van der Waals surface area (Å²) in [7, 11) is 1.98. The van der Waals surface area contributed by atoms with Crippen molar-refractivity contribution in [2.24, 2.45) is 7.05 Å². The second-order valence-corrected chi connectivity index (χ2v) is 5.84. The van der Waals surface area contributed by atoms with E-state index in [0.29, 0.717) is 12.5 Å². The van der Waals surface area contributed by atoms with Gasteiger partial charge >= 0.3 is 6.09 Å². The van der Waals surface area contributed by atoms with Gasteiger partial charge in [0.25, 0.3) is 0 Å². The van der Waals surface area contributed by atoms with E-state index in [0.717, 1.165) is 13.0 Å². The van der Waals surface area contributed by atoms with Crippen molar-refractivity contribution in [3.63, 3.8) is 0 Å². The largest absolute Gasteiger partial charge is 0.444 e. The molecule has 100 valence electrons. The summed E-state index contributed by atoms with van der Waals surface area (Å²) in [6, 6.07) is 0. The highest BCUT2D eigenvalue weighted by molar-refractivity contribution is 5.68. The average molecular weight is 251 g/mol. The van der Waals surface area contributed by atoms with Crippen LogP contribution in [0, 0.1) is 0 Å². The third-order valence-electron chi connectivity index (χ3n) is 3.11. The molecular weight excluding hydrogens is 230 g/mol. The van der Waals surface area contributed by atoms with Gasteiger partial charge in [-0.3, -0.25) is 0 Å². The molecule has 2 heterocycles. The van der Waals surface area contributed by atoms with Gasteiger partial charge in [-0.05, 0) is 27.2 Å². The molecule has 1 amide bonds. The lowest BCUT2D eigenvalue weighted by Crippen LogP contribution is -2.35. The highest BCUT2D eigenvalue weighted by atomic mass is 16.6. The Kier molecular flexibility index (Phi) is 3.32. The molecule has 1 fully saturated rings. The third kappa shape index (κ3) is 2.83. The predicted octanol–water partition coefficient (Wildman–Crippen LogP) is 2.14. The van der Waals surface area contributed by atoms with Gasteiger partial charge in [0, 0.05) is 37.9 Å². The Balaban J connectivity index is 1.97. The molecule has 1 saturated heterocycles. The average Bonchev–Trinajstić information content (AvgIpc) is 2.82. The lowest BCUT2D eigenvalue weighted by Gasteiger charge is -2.24. The molecule has 0 N–H and O–H groups in total. The van der Waals surface area contributed by atoms with Crippen molar-refractivity contribution in [1.82, 2.24) is 14.5 Å². The zero-order chi connectivity index (χ0) is 13.3. The van der Waals surface area contributed by atoms with Crippen molar-refractivity contribution < 1.29 is 9.53 Å². The molecule has 1 aliphatic heterocycles. The van der Waals surface area contributed by atoms with Gasteiger partial charge in [-0.15, -0.1) is 0 Å². The van der Waals surface area contributed by atoms with Crippen LogP contribution >= 0.6 is 0 Å². The van der Waals surface area contributed by atoms with Crippen LogP contribution in [0.5, 0.6) is 0 Å². The maximum atomic E-state index is 11.9. The van der Waals surface area contributed by atoms with E-state index >= 15 is 0 Å². The number of carbonyl (C=O) groups excluding carboxylic acids is 1. The maximum Gasteiger partial charge on any atom is 0.410 e. The Hall–Kier alpha value is -1.52. The van der Waals surface area contributed by atoms with E-state index in [9.17, 15) is 4.79 Å². The molecule has 0 aliphatic carbocycles. The first-order valence-corrected chi connectivity index (χ1v) is 6.31. The summed E-state index contributed by atoms with van der Waals surface area (Å²) < 4.78 is 7.40. The Morgan fingerprint density at radius 3 is 2.78 bits per heavy atom. The number of carbonyl (C=O) groups is 1. The number of imidazole rings is 1. The molecule has 5 heteroatoms. The molecule has 0 radical (unpaired) electrons. The molecule has 0 spiro atoms. The molecule has 0 unspecified atom stereocenters. The van der Waals surface area contributed by atoms with Crippen LogP contribution < -0.4 is 0 Å². The summed E-state index contributed by atoms with van der Waals surface area (Å²) in [5.41, 5.74) is 0.753. The lowest BCUT2D eigenvalue weighted by molar-refractivity contribution is 0.0292. The minimum absolute atomic E-state index is 0.216. The first-order valence-electron chi connectivity index (χ1n) is 6.31. The number of ether oxygens (including phenoxy) is 1. The standard InChI is InChI=1S/C13H21N3O2/c1-13(2,3)18-12(17)16-6-5-10(8-16)11-7-14-9-15(11)4/h7,9-10H,5-6,8H2,1-4H3/t10-/m1/s1. The number of aryl methyl sites for hydroxylation is 1. The molecule has 0 saturated carbocycles. The molecule has 1 aliphatic rings. The quantitative estimate of drug-likeness (QED) is 0.768. The third-order valence-corrected chi connectivity index (χ3v) is 3.11. The Bertz CT molecular complexity index is 434. The van der Waals surface area contributed by atoms with Crippen LogP contribution in [0.15, 0.2) is 12.5 Å². The smallest absolute Gasteiger partial charge is 0.410 e. The molecule has 0 aromatic carbocycles. The fourth-order valence-electron chi connectivity index (χ4n) is 2.25. The van der Waals surface area contributed by atoms with Gasteiger partial charge in [-0.2, -0.15) is 0 Å². The van der Waals surface area contributed by atoms with E-state index in [4.69, 9.17) is 4.74 Å². The highest BCUT2D eigenvalue weighted by Gasteiger charge is 2.31. The molecule has 18 heavy (non-hydrogen) atoms. The van der Waals surface area contributed by atoms with Gasteiger partial charge in [0.15, 0.2) is 0 Å². The van der Waals surface area contributed by atoms with Crippen LogP contribution in [0.1, 0.15) is 38.8 Å². The van der Waals surface area contributed by atoms with Crippen LogP contribution in [0.2, 0.25) is 0 Å². The topological polar surface area (TPSA) is 47.4 Å². The first-order chi connectivity index (χ1) is 8.37. The van der Waals surface area contributed by atoms with Gasteiger partial charge in [0.05, 0.1) is 6.33 Å². The zero-order valence-electron chi connectivity index (χ0n) is 11.5. The van der Waals surface area contributed by atoms with Gasteiger partial charge in [-0.1, -0.05) is 0 Å². The van der Waals surface area contributed by atoms with E-state index in [1.165, 1.54) is 5.69 Å². The summed E-state index contributed by atoms with van der Waals surface area (Å²) in [6.45, 7) is 7.14. The molecule has 1 aromatic rings. The maximum absolute atomic E-state index is 11.9. The summed E-state index contributed by atoms with van der Waals surface area (Å²) in [5, 5.41) is 0. The van der Waals surface area contributed by atoms with Crippen molar-refractivity contribution >= 4 is 6.09 Å². The van der Waals surface area contributed by atoms with Gasteiger partial charge in [0.1, 0.15) is 5.60 Å². The van der Waals surface area contributed by atoms with Crippen LogP contribution in [0.25, 0.3) is 0 Å². The SMILES string of the molecule is Cn1cncc1[C@@H]1CCN(C(=O)OC(C)(C)C)C1. The normalized spacial score (nSPS) is 20.2. The number of rotatable bonds is 1. The van der Waals surface area contributed by atoms with Crippen molar-refractivity contribution in [1.29, 1.82) is 0 Å². The van der Waals surface area contributed by atoms with Crippen molar-refractivity contribution in [3.8, 4) is 0 Å². The second kappa shape index (κ2) is 4.63. The minimum Gasteiger partial charge on any atom is -0.444 e. The van der Waals surface area contributed by atoms with Crippen LogP contribution in [0.3, 0.4) is 0 Å². The van der Waals surface area contributed by atoms with Crippen molar-refractivity contribution in [2.45, 2.75) is 38.7 Å². The molecule has 1 atom stereocenters. The van der Waals surface area contributed by atoms with E-state index in [1.54, 1.807) is 11.2 Å². The first kappa shape index (κ1) is 12.9.